The molecule has 0 radical (unpaired) electrons. The summed E-state index contributed by atoms with van der Waals surface area (Å²) in [6, 6.07) is 0.875. The molecule has 110 valence electrons. The first-order valence-corrected chi connectivity index (χ1v) is 7.63. The smallest absolute Gasteiger partial charge is 0.303 e. The zero-order valence-corrected chi connectivity index (χ0v) is 11.5. The van der Waals surface area contributed by atoms with E-state index in [4.69, 9.17) is 5.11 Å². The van der Waals surface area contributed by atoms with Crippen LogP contribution in [0.25, 0.3) is 0 Å². The molecule has 0 aliphatic heterocycles. The molecule has 1 aliphatic rings. The van der Waals surface area contributed by atoms with Crippen molar-refractivity contribution in [3.63, 3.8) is 0 Å². The Morgan fingerprint density at radius 3 is 2.65 bits per heavy atom. The lowest BCUT2D eigenvalue weighted by molar-refractivity contribution is -0.141. The summed E-state index contributed by atoms with van der Waals surface area (Å²) in [5.74, 6) is -1.69. The Hall–Kier alpha value is -1.54. The van der Waals surface area contributed by atoms with Crippen molar-refractivity contribution in [3.05, 3.63) is 24.3 Å². The first kappa shape index (κ1) is 14.9. The van der Waals surface area contributed by atoms with E-state index in [1.54, 1.807) is 0 Å². The molecule has 1 aromatic rings. The second kappa shape index (κ2) is 5.45. The summed E-state index contributed by atoms with van der Waals surface area (Å²) in [7, 11) is -3.87. The molecule has 2 N–H and O–H groups in total. The van der Waals surface area contributed by atoms with Gasteiger partial charge in [-0.25, -0.2) is 17.5 Å². The van der Waals surface area contributed by atoms with Crippen LogP contribution in [-0.2, 0) is 14.8 Å². The van der Waals surface area contributed by atoms with E-state index in [1.165, 1.54) is 0 Å². The molecule has 0 amide bonds. The molecule has 20 heavy (non-hydrogen) atoms. The molecule has 0 aromatic carbocycles. The van der Waals surface area contributed by atoms with Crippen LogP contribution in [0.5, 0.6) is 0 Å². The van der Waals surface area contributed by atoms with Crippen molar-refractivity contribution < 1.29 is 22.7 Å². The maximum atomic E-state index is 13.0. The van der Waals surface area contributed by atoms with Gasteiger partial charge < -0.3 is 5.11 Å². The molecule has 1 heterocycles. The van der Waals surface area contributed by atoms with E-state index in [9.17, 15) is 17.6 Å². The first-order chi connectivity index (χ1) is 9.33. The summed E-state index contributed by atoms with van der Waals surface area (Å²) in [6.07, 6.45) is 4.12. The predicted molar refractivity (Wildman–Crippen MR) is 67.9 cm³/mol. The quantitative estimate of drug-likeness (QED) is 0.821. The summed E-state index contributed by atoms with van der Waals surface area (Å²) in [5, 5.41) is 8.86. The Kier molecular flexibility index (Phi) is 4.05. The number of carboxylic acids is 1. The molecule has 0 saturated heterocycles. The van der Waals surface area contributed by atoms with Crippen LogP contribution >= 0.6 is 0 Å². The number of halogens is 1. The number of carbonyl (C=O) groups is 1. The second-order valence-electron chi connectivity index (χ2n) is 5.09. The number of sulfonamides is 1. The van der Waals surface area contributed by atoms with E-state index >= 15 is 0 Å². The largest absolute Gasteiger partial charge is 0.481 e. The van der Waals surface area contributed by atoms with Crippen LogP contribution < -0.4 is 4.72 Å². The molecule has 0 spiro atoms. The summed E-state index contributed by atoms with van der Waals surface area (Å²) in [5.41, 5.74) is -0.528. The Morgan fingerprint density at radius 2 is 2.15 bits per heavy atom. The summed E-state index contributed by atoms with van der Waals surface area (Å²) >= 11 is 0. The van der Waals surface area contributed by atoms with Crippen molar-refractivity contribution >= 4 is 16.0 Å². The molecule has 1 aliphatic carbocycles. The minimum Gasteiger partial charge on any atom is -0.481 e. The Morgan fingerprint density at radius 1 is 1.45 bits per heavy atom. The van der Waals surface area contributed by atoms with Crippen molar-refractivity contribution in [2.75, 3.05) is 6.54 Å². The number of pyridine rings is 1. The number of hydrogen-bond acceptors (Lipinski definition) is 4. The highest BCUT2D eigenvalue weighted by molar-refractivity contribution is 7.89. The number of nitrogens with zero attached hydrogens (tertiary/aromatic N) is 1. The highest BCUT2D eigenvalue weighted by Gasteiger charge is 2.39. The minimum atomic E-state index is -3.87. The fourth-order valence-corrected chi connectivity index (χ4v) is 3.41. The first-order valence-electron chi connectivity index (χ1n) is 6.15. The molecule has 1 fully saturated rings. The van der Waals surface area contributed by atoms with Crippen LogP contribution in [0.3, 0.4) is 0 Å². The molecule has 1 aromatic heterocycles. The van der Waals surface area contributed by atoms with Gasteiger partial charge in [-0.3, -0.25) is 9.78 Å². The third-order valence-corrected chi connectivity index (χ3v) is 4.94. The number of carboxylic acid groups (broad SMARTS) is 1. The van der Waals surface area contributed by atoms with Crippen LogP contribution in [-0.4, -0.2) is 31.0 Å². The average molecular weight is 302 g/mol. The SMILES string of the molecule is O=C(O)CC1(CNS(=O)(=O)c2cncc(F)c2)CCC1. The predicted octanol–water partition coefficient (Wildman–Crippen LogP) is 1.14. The molecule has 6 nitrogen and oxygen atoms in total. The normalized spacial score (nSPS) is 17.4. The number of aliphatic carboxylic acids is 1. The van der Waals surface area contributed by atoms with E-state index in [2.05, 4.69) is 9.71 Å². The molecule has 2 rings (SSSR count). The van der Waals surface area contributed by atoms with Crippen LogP contribution in [0.2, 0.25) is 0 Å². The van der Waals surface area contributed by atoms with Gasteiger partial charge in [0, 0.05) is 12.7 Å². The van der Waals surface area contributed by atoms with Gasteiger partial charge in [0.05, 0.1) is 12.6 Å². The molecule has 0 bridgehead atoms. The van der Waals surface area contributed by atoms with E-state index in [0.717, 1.165) is 24.9 Å². The highest BCUT2D eigenvalue weighted by atomic mass is 32.2. The molecule has 1 saturated carbocycles. The van der Waals surface area contributed by atoms with Gasteiger partial charge in [0.1, 0.15) is 10.7 Å². The van der Waals surface area contributed by atoms with Gasteiger partial charge in [-0.15, -0.1) is 0 Å². The Balaban J connectivity index is 2.07. The zero-order valence-electron chi connectivity index (χ0n) is 10.7. The van der Waals surface area contributed by atoms with Crippen LogP contribution in [0.15, 0.2) is 23.4 Å². The molecular weight excluding hydrogens is 287 g/mol. The van der Waals surface area contributed by atoms with Gasteiger partial charge in [0.25, 0.3) is 0 Å². The fourth-order valence-electron chi connectivity index (χ4n) is 2.28. The van der Waals surface area contributed by atoms with E-state index in [1.807, 2.05) is 0 Å². The van der Waals surface area contributed by atoms with Gasteiger partial charge >= 0.3 is 5.97 Å². The third kappa shape index (κ3) is 3.31. The van der Waals surface area contributed by atoms with Crippen LogP contribution in [0.1, 0.15) is 25.7 Å². The van der Waals surface area contributed by atoms with E-state index < -0.39 is 27.2 Å². The summed E-state index contributed by atoms with van der Waals surface area (Å²) in [6.45, 7) is 0.0398. The molecule has 0 atom stereocenters. The number of hydrogen-bond donors (Lipinski definition) is 2. The maximum absolute atomic E-state index is 13.0. The van der Waals surface area contributed by atoms with Gasteiger partial charge in [0.2, 0.25) is 10.0 Å². The lowest BCUT2D eigenvalue weighted by Gasteiger charge is -2.40. The van der Waals surface area contributed by atoms with Crippen molar-refractivity contribution in [3.8, 4) is 0 Å². The second-order valence-corrected chi connectivity index (χ2v) is 6.85. The van der Waals surface area contributed by atoms with Gasteiger partial charge in [-0.1, -0.05) is 6.42 Å². The number of nitrogens with one attached hydrogen (secondary N) is 1. The highest BCUT2D eigenvalue weighted by Crippen LogP contribution is 2.43. The van der Waals surface area contributed by atoms with Gasteiger partial charge in [-0.2, -0.15) is 0 Å². The van der Waals surface area contributed by atoms with Crippen LogP contribution in [0.4, 0.5) is 4.39 Å². The summed E-state index contributed by atoms with van der Waals surface area (Å²) in [4.78, 5) is 14.0. The topological polar surface area (TPSA) is 96.4 Å². The van der Waals surface area contributed by atoms with Crippen molar-refractivity contribution in [2.45, 2.75) is 30.6 Å². The van der Waals surface area contributed by atoms with Gasteiger partial charge in [0.15, 0.2) is 0 Å². The monoisotopic (exact) mass is 302 g/mol. The van der Waals surface area contributed by atoms with Crippen molar-refractivity contribution in [1.29, 1.82) is 0 Å². The minimum absolute atomic E-state index is 0.0398. The Labute approximate surface area is 116 Å². The fraction of sp³-hybridized carbons (Fsp3) is 0.500. The molecule has 8 heteroatoms. The van der Waals surface area contributed by atoms with Crippen LogP contribution in [0, 0.1) is 11.2 Å². The number of aromatic nitrogens is 1. The standard InChI is InChI=1S/C12H15FN2O4S/c13-9-4-10(7-14-6-9)20(18,19)15-8-12(2-1-3-12)5-11(16)17/h4,6-7,15H,1-3,5,8H2,(H,16,17). The zero-order chi connectivity index (χ0) is 14.8. The third-order valence-electron chi connectivity index (χ3n) is 3.57. The molecular formula is C12H15FN2O4S. The lowest BCUT2D eigenvalue weighted by Crippen LogP contribution is -2.43. The van der Waals surface area contributed by atoms with E-state index in [-0.39, 0.29) is 17.9 Å². The van der Waals surface area contributed by atoms with Crippen molar-refractivity contribution in [2.24, 2.45) is 5.41 Å². The van der Waals surface area contributed by atoms with E-state index in [0.29, 0.717) is 12.8 Å². The maximum Gasteiger partial charge on any atom is 0.303 e. The number of rotatable bonds is 6. The lowest BCUT2D eigenvalue weighted by atomic mass is 9.67. The van der Waals surface area contributed by atoms with Crippen molar-refractivity contribution in [1.82, 2.24) is 9.71 Å². The summed E-state index contributed by atoms with van der Waals surface area (Å²) < 4.78 is 39.3. The molecule has 0 unspecified atom stereocenters. The van der Waals surface area contributed by atoms with Gasteiger partial charge in [-0.05, 0) is 24.3 Å². The Bertz CT molecular complexity index is 614. The average Bonchev–Trinajstić information content (AvgIpc) is 2.32.